The summed E-state index contributed by atoms with van der Waals surface area (Å²) in [6.45, 7) is 0.862. The Morgan fingerprint density at radius 1 is 1.27 bits per heavy atom. The molecule has 1 aromatic rings. The molecule has 1 unspecified atom stereocenters. The van der Waals surface area contributed by atoms with Crippen LogP contribution in [0.1, 0.15) is 24.8 Å². The molecule has 1 heterocycles. The van der Waals surface area contributed by atoms with Gasteiger partial charge in [0.1, 0.15) is 0 Å². The third kappa shape index (κ3) is 2.82. The summed E-state index contributed by atoms with van der Waals surface area (Å²) in [6, 6.07) is 10.4. The van der Waals surface area contributed by atoms with Gasteiger partial charge in [-0.1, -0.05) is 30.3 Å². The number of aryl methyl sites for hydroxylation is 1. The number of piperidine rings is 1. The molecule has 1 N–H and O–H groups in total. The highest BCUT2D eigenvalue weighted by Crippen LogP contribution is 2.17. The van der Waals surface area contributed by atoms with Crippen LogP contribution in [0, 0.1) is 5.92 Å². The third-order valence-corrected chi connectivity index (χ3v) is 3.02. The number of carbonyl (C=O) groups is 1. The van der Waals surface area contributed by atoms with Crippen LogP contribution in [0.15, 0.2) is 30.3 Å². The predicted octanol–water partition coefficient (Wildman–Crippen LogP) is 2.15. The van der Waals surface area contributed by atoms with Gasteiger partial charge < -0.3 is 5.32 Å². The molecule has 0 bridgehead atoms. The SMILES string of the molecule is O=C1NCCCC1CCc1ccccc1. The van der Waals surface area contributed by atoms with Gasteiger partial charge in [-0.05, 0) is 31.2 Å². The Balaban J connectivity index is 1.85. The lowest BCUT2D eigenvalue weighted by atomic mass is 9.92. The van der Waals surface area contributed by atoms with E-state index < -0.39 is 0 Å². The number of hydrogen-bond acceptors (Lipinski definition) is 1. The van der Waals surface area contributed by atoms with Crippen LogP contribution in [0.2, 0.25) is 0 Å². The van der Waals surface area contributed by atoms with E-state index in [0.29, 0.717) is 0 Å². The summed E-state index contributed by atoms with van der Waals surface area (Å²) < 4.78 is 0. The van der Waals surface area contributed by atoms with Gasteiger partial charge in [-0.3, -0.25) is 4.79 Å². The Hall–Kier alpha value is -1.31. The first-order valence-corrected chi connectivity index (χ1v) is 5.68. The molecule has 0 aromatic heterocycles. The molecule has 1 atom stereocenters. The van der Waals surface area contributed by atoms with Crippen molar-refractivity contribution >= 4 is 5.91 Å². The van der Waals surface area contributed by atoms with Gasteiger partial charge in [0.15, 0.2) is 0 Å². The fraction of sp³-hybridized carbons (Fsp3) is 0.462. The fourth-order valence-electron chi connectivity index (χ4n) is 2.10. The van der Waals surface area contributed by atoms with E-state index in [2.05, 4.69) is 29.6 Å². The minimum Gasteiger partial charge on any atom is -0.356 e. The average molecular weight is 203 g/mol. The Kier molecular flexibility index (Phi) is 3.38. The molecule has 80 valence electrons. The van der Waals surface area contributed by atoms with E-state index in [9.17, 15) is 4.79 Å². The maximum Gasteiger partial charge on any atom is 0.223 e. The number of hydrogen-bond donors (Lipinski definition) is 1. The number of carbonyl (C=O) groups excluding carboxylic acids is 1. The molecule has 0 spiro atoms. The van der Waals surface area contributed by atoms with E-state index in [4.69, 9.17) is 0 Å². The molecular formula is C13H17NO. The Labute approximate surface area is 90.7 Å². The zero-order valence-electron chi connectivity index (χ0n) is 8.91. The van der Waals surface area contributed by atoms with E-state index in [1.165, 1.54) is 5.56 Å². The predicted molar refractivity (Wildman–Crippen MR) is 60.5 cm³/mol. The van der Waals surface area contributed by atoms with Crippen LogP contribution in [0.25, 0.3) is 0 Å². The Morgan fingerprint density at radius 2 is 2.07 bits per heavy atom. The summed E-state index contributed by atoms with van der Waals surface area (Å²) in [7, 11) is 0. The van der Waals surface area contributed by atoms with Crippen molar-refractivity contribution in [2.45, 2.75) is 25.7 Å². The summed E-state index contributed by atoms with van der Waals surface area (Å²) in [5.41, 5.74) is 1.33. The zero-order valence-corrected chi connectivity index (χ0v) is 8.91. The lowest BCUT2D eigenvalue weighted by Gasteiger charge is -2.21. The molecule has 1 amide bonds. The molecule has 1 aliphatic heterocycles. The molecular weight excluding hydrogens is 186 g/mol. The van der Waals surface area contributed by atoms with E-state index in [1.54, 1.807) is 0 Å². The van der Waals surface area contributed by atoms with Crippen molar-refractivity contribution in [2.24, 2.45) is 5.92 Å². The van der Waals surface area contributed by atoms with E-state index in [1.807, 2.05) is 6.07 Å². The van der Waals surface area contributed by atoms with E-state index in [-0.39, 0.29) is 11.8 Å². The molecule has 2 heteroatoms. The minimum atomic E-state index is 0.235. The summed E-state index contributed by atoms with van der Waals surface area (Å²) in [5.74, 6) is 0.483. The first-order valence-electron chi connectivity index (χ1n) is 5.68. The Bertz CT molecular complexity index is 321. The summed E-state index contributed by atoms with van der Waals surface area (Å²) >= 11 is 0. The maximum absolute atomic E-state index is 11.5. The van der Waals surface area contributed by atoms with Crippen molar-refractivity contribution in [3.63, 3.8) is 0 Å². The second-order valence-electron chi connectivity index (χ2n) is 4.15. The van der Waals surface area contributed by atoms with Crippen LogP contribution >= 0.6 is 0 Å². The highest BCUT2D eigenvalue weighted by atomic mass is 16.1. The van der Waals surface area contributed by atoms with Crippen LogP contribution in [0.3, 0.4) is 0 Å². The number of rotatable bonds is 3. The van der Waals surface area contributed by atoms with Gasteiger partial charge in [-0.15, -0.1) is 0 Å². The monoisotopic (exact) mass is 203 g/mol. The standard InChI is InChI=1S/C13H17NO/c15-13-12(7-4-10-14-13)9-8-11-5-2-1-3-6-11/h1-3,5-6,12H,4,7-10H2,(H,14,15). The highest BCUT2D eigenvalue weighted by molar-refractivity contribution is 5.79. The lowest BCUT2D eigenvalue weighted by molar-refractivity contribution is -0.126. The van der Waals surface area contributed by atoms with Gasteiger partial charge in [0.05, 0.1) is 0 Å². The van der Waals surface area contributed by atoms with Crippen LogP contribution < -0.4 is 5.32 Å². The van der Waals surface area contributed by atoms with Crippen molar-refractivity contribution in [3.8, 4) is 0 Å². The Morgan fingerprint density at radius 3 is 2.80 bits per heavy atom. The molecule has 0 radical (unpaired) electrons. The average Bonchev–Trinajstić information content (AvgIpc) is 2.29. The van der Waals surface area contributed by atoms with Gasteiger partial charge in [0.25, 0.3) is 0 Å². The normalized spacial score (nSPS) is 21.1. The van der Waals surface area contributed by atoms with E-state index in [0.717, 1.165) is 32.2 Å². The zero-order chi connectivity index (χ0) is 10.5. The van der Waals surface area contributed by atoms with Gasteiger partial charge in [-0.2, -0.15) is 0 Å². The smallest absolute Gasteiger partial charge is 0.223 e. The maximum atomic E-state index is 11.5. The number of amides is 1. The topological polar surface area (TPSA) is 29.1 Å². The first-order chi connectivity index (χ1) is 7.36. The third-order valence-electron chi connectivity index (χ3n) is 3.02. The second kappa shape index (κ2) is 4.96. The molecule has 1 saturated heterocycles. The van der Waals surface area contributed by atoms with Gasteiger partial charge in [0, 0.05) is 12.5 Å². The number of nitrogens with one attached hydrogen (secondary N) is 1. The van der Waals surface area contributed by atoms with E-state index >= 15 is 0 Å². The van der Waals surface area contributed by atoms with Crippen molar-refractivity contribution in [2.75, 3.05) is 6.54 Å². The van der Waals surface area contributed by atoms with Crippen molar-refractivity contribution in [1.82, 2.24) is 5.32 Å². The molecule has 15 heavy (non-hydrogen) atoms. The highest BCUT2D eigenvalue weighted by Gasteiger charge is 2.21. The first kappa shape index (κ1) is 10.2. The molecule has 1 fully saturated rings. The van der Waals surface area contributed by atoms with Crippen LogP contribution in [0.5, 0.6) is 0 Å². The van der Waals surface area contributed by atoms with Crippen LogP contribution in [-0.4, -0.2) is 12.5 Å². The summed E-state index contributed by atoms with van der Waals surface area (Å²) in [5, 5.41) is 2.93. The minimum absolute atomic E-state index is 0.235. The largest absolute Gasteiger partial charge is 0.356 e. The molecule has 0 aliphatic carbocycles. The van der Waals surface area contributed by atoms with Crippen molar-refractivity contribution < 1.29 is 4.79 Å². The molecule has 0 saturated carbocycles. The molecule has 1 aromatic carbocycles. The summed E-state index contributed by atoms with van der Waals surface area (Å²) in [4.78, 5) is 11.5. The molecule has 1 aliphatic rings. The van der Waals surface area contributed by atoms with Crippen LogP contribution in [-0.2, 0) is 11.2 Å². The van der Waals surface area contributed by atoms with Crippen molar-refractivity contribution in [1.29, 1.82) is 0 Å². The number of benzene rings is 1. The fourth-order valence-corrected chi connectivity index (χ4v) is 2.10. The van der Waals surface area contributed by atoms with Crippen molar-refractivity contribution in [3.05, 3.63) is 35.9 Å². The van der Waals surface area contributed by atoms with Crippen LogP contribution in [0.4, 0.5) is 0 Å². The lowest BCUT2D eigenvalue weighted by Crippen LogP contribution is -2.36. The van der Waals surface area contributed by atoms with Gasteiger partial charge >= 0.3 is 0 Å². The summed E-state index contributed by atoms with van der Waals surface area (Å²) in [6.07, 6.45) is 4.18. The molecule has 2 nitrogen and oxygen atoms in total. The van der Waals surface area contributed by atoms with Gasteiger partial charge in [0.2, 0.25) is 5.91 Å². The second-order valence-corrected chi connectivity index (χ2v) is 4.15. The molecule has 2 rings (SSSR count). The quantitative estimate of drug-likeness (QED) is 0.801. The van der Waals surface area contributed by atoms with Gasteiger partial charge in [-0.25, -0.2) is 0 Å².